The van der Waals surface area contributed by atoms with Gasteiger partial charge in [0.2, 0.25) is 0 Å². The number of amides is 1. The van der Waals surface area contributed by atoms with E-state index in [0.29, 0.717) is 25.9 Å². The largest absolute Gasteiger partial charge is 0.382 e. The Morgan fingerprint density at radius 1 is 1.37 bits per heavy atom. The highest BCUT2D eigenvalue weighted by Crippen LogP contribution is 2.06. The lowest BCUT2D eigenvalue weighted by atomic mass is 10.0. The maximum Gasteiger partial charge on any atom is 0.252 e. The van der Waals surface area contributed by atoms with Crippen molar-refractivity contribution in [3.8, 4) is 0 Å². The fraction of sp³-hybridized carbons (Fsp3) is 0.500. The number of nitrogens with zero attached hydrogens (tertiary/aromatic N) is 1. The minimum Gasteiger partial charge on any atom is -0.382 e. The zero-order valence-electron chi connectivity index (χ0n) is 11.3. The Labute approximate surface area is 114 Å². The van der Waals surface area contributed by atoms with Gasteiger partial charge in [0.05, 0.1) is 0 Å². The summed E-state index contributed by atoms with van der Waals surface area (Å²) in [5.74, 6) is -0.350. The number of nitrogens with two attached hydrogens (primary N) is 2. The molecule has 0 aliphatic heterocycles. The van der Waals surface area contributed by atoms with E-state index in [1.165, 1.54) is 4.90 Å². The van der Waals surface area contributed by atoms with E-state index in [1.54, 1.807) is 7.05 Å². The molecule has 0 radical (unpaired) electrons. The fourth-order valence-corrected chi connectivity index (χ4v) is 1.85. The monoisotopic (exact) mass is 265 g/mol. The molecule has 0 heterocycles. The summed E-state index contributed by atoms with van der Waals surface area (Å²) in [5.41, 5.74) is 12.3. The first-order valence-electron chi connectivity index (χ1n) is 6.49. The van der Waals surface area contributed by atoms with Crippen LogP contribution in [-0.2, 0) is 11.2 Å². The number of hydrogen-bond donors (Lipinski definition) is 3. The topological polar surface area (TPSA) is 92.6 Å². The summed E-state index contributed by atoms with van der Waals surface area (Å²) in [6, 6.07) is 8.98. The molecule has 0 spiro atoms. The van der Waals surface area contributed by atoms with E-state index in [0.717, 1.165) is 5.56 Å². The smallest absolute Gasteiger partial charge is 0.252 e. The van der Waals surface area contributed by atoms with E-state index in [1.807, 2.05) is 30.3 Å². The van der Waals surface area contributed by atoms with Crippen molar-refractivity contribution in [3.63, 3.8) is 0 Å². The third-order valence-electron chi connectivity index (χ3n) is 3.05. The van der Waals surface area contributed by atoms with Gasteiger partial charge < -0.3 is 21.5 Å². The van der Waals surface area contributed by atoms with Crippen molar-refractivity contribution >= 4 is 5.91 Å². The molecule has 0 aliphatic rings. The first-order valence-corrected chi connectivity index (χ1v) is 6.49. The van der Waals surface area contributed by atoms with E-state index in [2.05, 4.69) is 0 Å². The molecule has 1 rings (SSSR count). The van der Waals surface area contributed by atoms with E-state index in [9.17, 15) is 9.90 Å². The molecule has 0 aliphatic carbocycles. The molecule has 0 saturated carbocycles. The number of aliphatic hydroxyl groups excluding tert-OH is 1. The van der Waals surface area contributed by atoms with Crippen LogP contribution in [0.5, 0.6) is 0 Å². The minimum atomic E-state index is -1.18. The molecule has 2 atom stereocenters. The Bertz CT molecular complexity index is 384. The summed E-state index contributed by atoms with van der Waals surface area (Å²) >= 11 is 0. The second-order valence-electron chi connectivity index (χ2n) is 4.70. The van der Waals surface area contributed by atoms with Gasteiger partial charge in [0.25, 0.3) is 5.91 Å². The summed E-state index contributed by atoms with van der Waals surface area (Å²) in [4.78, 5) is 13.4. The van der Waals surface area contributed by atoms with E-state index in [-0.39, 0.29) is 5.91 Å². The standard InChI is InChI=1S/C14H23N3O2/c1-17(9-5-8-15)14(19)13(18)12(16)10-11-6-3-2-4-7-11/h2-4,6-7,12-13,18H,5,8-10,15-16H2,1H3. The van der Waals surface area contributed by atoms with Crippen LogP contribution in [0.4, 0.5) is 0 Å². The van der Waals surface area contributed by atoms with Gasteiger partial charge in [-0.1, -0.05) is 30.3 Å². The van der Waals surface area contributed by atoms with Gasteiger partial charge in [-0.15, -0.1) is 0 Å². The highest BCUT2D eigenvalue weighted by molar-refractivity contribution is 5.81. The second-order valence-corrected chi connectivity index (χ2v) is 4.70. The number of aliphatic hydroxyl groups is 1. The van der Waals surface area contributed by atoms with Crippen LogP contribution in [0, 0.1) is 0 Å². The Balaban J connectivity index is 2.51. The number of carbonyl (C=O) groups is 1. The molecule has 106 valence electrons. The number of rotatable bonds is 7. The first kappa shape index (κ1) is 15.6. The van der Waals surface area contributed by atoms with Crippen molar-refractivity contribution in [1.29, 1.82) is 0 Å². The van der Waals surface area contributed by atoms with Gasteiger partial charge in [0.1, 0.15) is 6.10 Å². The zero-order valence-corrected chi connectivity index (χ0v) is 11.3. The van der Waals surface area contributed by atoms with Crippen LogP contribution < -0.4 is 11.5 Å². The van der Waals surface area contributed by atoms with E-state index >= 15 is 0 Å². The lowest BCUT2D eigenvalue weighted by Crippen LogP contribution is -2.48. The molecule has 0 fully saturated rings. The fourth-order valence-electron chi connectivity index (χ4n) is 1.85. The molecule has 0 aromatic heterocycles. The highest BCUT2D eigenvalue weighted by Gasteiger charge is 2.25. The Morgan fingerprint density at radius 3 is 2.58 bits per heavy atom. The summed E-state index contributed by atoms with van der Waals surface area (Å²) in [7, 11) is 1.65. The molecule has 1 amide bonds. The third kappa shape index (κ3) is 4.98. The van der Waals surface area contributed by atoms with Crippen molar-refractivity contribution in [3.05, 3.63) is 35.9 Å². The van der Waals surface area contributed by atoms with E-state index in [4.69, 9.17) is 11.5 Å². The highest BCUT2D eigenvalue weighted by atomic mass is 16.3. The first-order chi connectivity index (χ1) is 9.06. The SMILES string of the molecule is CN(CCCN)C(=O)C(O)C(N)Cc1ccccc1. The molecule has 19 heavy (non-hydrogen) atoms. The molecular formula is C14H23N3O2. The lowest BCUT2D eigenvalue weighted by molar-refractivity contribution is -0.139. The van der Waals surface area contributed by atoms with Crippen molar-refractivity contribution in [2.24, 2.45) is 11.5 Å². The molecule has 5 N–H and O–H groups in total. The van der Waals surface area contributed by atoms with Gasteiger partial charge >= 0.3 is 0 Å². The van der Waals surface area contributed by atoms with Crippen molar-refractivity contribution < 1.29 is 9.90 Å². The summed E-state index contributed by atoms with van der Waals surface area (Å²) in [6.45, 7) is 1.05. The van der Waals surface area contributed by atoms with Gasteiger partial charge in [0, 0.05) is 19.6 Å². The number of carbonyl (C=O) groups excluding carboxylic acids is 1. The number of likely N-dealkylation sites (N-methyl/N-ethyl adjacent to an activating group) is 1. The van der Waals surface area contributed by atoms with Crippen LogP contribution >= 0.6 is 0 Å². The van der Waals surface area contributed by atoms with Gasteiger partial charge in [0.15, 0.2) is 0 Å². The molecule has 0 bridgehead atoms. The van der Waals surface area contributed by atoms with Gasteiger partial charge in [-0.05, 0) is 24.9 Å². The molecule has 0 saturated heterocycles. The van der Waals surface area contributed by atoms with Crippen LogP contribution in [0.1, 0.15) is 12.0 Å². The molecular weight excluding hydrogens is 242 g/mol. The molecule has 1 aromatic carbocycles. The van der Waals surface area contributed by atoms with Gasteiger partial charge in [-0.2, -0.15) is 0 Å². The average Bonchev–Trinajstić information content (AvgIpc) is 2.44. The Morgan fingerprint density at radius 2 is 2.00 bits per heavy atom. The summed E-state index contributed by atoms with van der Waals surface area (Å²) < 4.78 is 0. The molecule has 2 unspecified atom stereocenters. The minimum absolute atomic E-state index is 0.350. The molecule has 5 nitrogen and oxygen atoms in total. The predicted molar refractivity (Wildman–Crippen MR) is 75.4 cm³/mol. The van der Waals surface area contributed by atoms with Crippen LogP contribution in [0.25, 0.3) is 0 Å². The van der Waals surface area contributed by atoms with E-state index < -0.39 is 12.1 Å². The van der Waals surface area contributed by atoms with Crippen LogP contribution in [0.3, 0.4) is 0 Å². The maximum atomic E-state index is 11.9. The van der Waals surface area contributed by atoms with Crippen molar-refractivity contribution in [2.45, 2.75) is 25.0 Å². The Kier molecular flexibility index (Phi) is 6.49. The van der Waals surface area contributed by atoms with Crippen molar-refractivity contribution in [2.75, 3.05) is 20.1 Å². The van der Waals surface area contributed by atoms with Gasteiger partial charge in [-0.3, -0.25) is 4.79 Å². The average molecular weight is 265 g/mol. The summed E-state index contributed by atoms with van der Waals surface area (Å²) in [5, 5.41) is 9.97. The lowest BCUT2D eigenvalue weighted by Gasteiger charge is -2.24. The number of benzene rings is 1. The second kappa shape index (κ2) is 7.89. The summed E-state index contributed by atoms with van der Waals surface area (Å²) in [6.07, 6.45) is 0.00411. The Hall–Kier alpha value is -1.43. The van der Waals surface area contributed by atoms with Crippen molar-refractivity contribution in [1.82, 2.24) is 4.90 Å². The predicted octanol–water partition coefficient (Wildman–Crippen LogP) is -0.275. The van der Waals surface area contributed by atoms with Crippen LogP contribution in [0.2, 0.25) is 0 Å². The third-order valence-corrected chi connectivity index (χ3v) is 3.05. The van der Waals surface area contributed by atoms with Gasteiger partial charge in [-0.25, -0.2) is 0 Å². The normalized spacial score (nSPS) is 13.9. The zero-order chi connectivity index (χ0) is 14.3. The molecule has 5 heteroatoms. The van der Waals surface area contributed by atoms with Crippen LogP contribution in [0.15, 0.2) is 30.3 Å². The number of hydrogen-bond acceptors (Lipinski definition) is 4. The van der Waals surface area contributed by atoms with Crippen LogP contribution in [-0.4, -0.2) is 48.2 Å². The maximum absolute atomic E-state index is 11.9. The quantitative estimate of drug-likeness (QED) is 0.632. The molecule has 1 aromatic rings.